The molecule has 5 heteroatoms. The van der Waals surface area contributed by atoms with Crippen LogP contribution in [0.5, 0.6) is 11.5 Å². The lowest BCUT2D eigenvalue weighted by Crippen LogP contribution is -2.05. The highest BCUT2D eigenvalue weighted by atomic mass is 16.5. The number of rotatable bonds is 4. The Morgan fingerprint density at radius 3 is 2.34 bits per heavy atom. The minimum atomic E-state index is -0.582. The predicted octanol–water partition coefficient (Wildman–Crippen LogP) is 5.57. The van der Waals surface area contributed by atoms with E-state index >= 15 is 0 Å². The summed E-state index contributed by atoms with van der Waals surface area (Å²) < 4.78 is 17.1. The molecule has 2 aromatic heterocycles. The van der Waals surface area contributed by atoms with Gasteiger partial charge in [-0.2, -0.15) is 0 Å². The molecule has 0 bridgehead atoms. The first-order valence-corrected chi connectivity index (χ1v) is 9.39. The molecule has 0 fully saturated rings. The molecule has 0 aliphatic rings. The van der Waals surface area contributed by atoms with Gasteiger partial charge in [0.25, 0.3) is 0 Å². The fraction of sp³-hybridized carbons (Fsp3) is 0.208. The molecule has 2 heterocycles. The molecule has 0 aliphatic heterocycles. The summed E-state index contributed by atoms with van der Waals surface area (Å²) in [7, 11) is 0. The fourth-order valence-corrected chi connectivity index (χ4v) is 3.51. The van der Waals surface area contributed by atoms with Crippen LogP contribution in [-0.2, 0) is 6.61 Å². The van der Waals surface area contributed by atoms with E-state index in [4.69, 9.17) is 13.6 Å². The molecular formula is C24H22O5. The second kappa shape index (κ2) is 7.17. The normalized spacial score (nSPS) is 11.2. The van der Waals surface area contributed by atoms with E-state index in [0.29, 0.717) is 29.3 Å². The average Bonchev–Trinajstić information content (AvgIpc) is 3.10. The van der Waals surface area contributed by atoms with Crippen molar-refractivity contribution in [1.82, 2.24) is 0 Å². The lowest BCUT2D eigenvalue weighted by atomic mass is 10.1. The van der Waals surface area contributed by atoms with E-state index in [1.807, 2.05) is 18.2 Å². The van der Waals surface area contributed by atoms with Crippen molar-refractivity contribution in [2.75, 3.05) is 0 Å². The second-order valence-electron chi connectivity index (χ2n) is 7.41. The van der Waals surface area contributed by atoms with Crippen molar-refractivity contribution in [2.45, 2.75) is 34.3 Å². The zero-order valence-corrected chi connectivity index (χ0v) is 16.8. The van der Waals surface area contributed by atoms with E-state index in [1.165, 1.54) is 18.1 Å². The lowest BCUT2D eigenvalue weighted by Gasteiger charge is -2.08. The van der Waals surface area contributed by atoms with Crippen molar-refractivity contribution < 1.29 is 18.7 Å². The summed E-state index contributed by atoms with van der Waals surface area (Å²) in [6.07, 6.45) is 0. The summed E-state index contributed by atoms with van der Waals surface area (Å²) in [6, 6.07) is 13.7. The maximum absolute atomic E-state index is 11.9. The Morgan fingerprint density at radius 2 is 1.62 bits per heavy atom. The number of ether oxygens (including phenoxy) is 1. The Labute approximate surface area is 168 Å². The molecule has 29 heavy (non-hydrogen) atoms. The highest BCUT2D eigenvalue weighted by Gasteiger charge is 2.18. The minimum Gasteiger partial charge on any atom is -0.507 e. The zero-order valence-electron chi connectivity index (χ0n) is 16.8. The van der Waals surface area contributed by atoms with Gasteiger partial charge in [0.2, 0.25) is 0 Å². The lowest BCUT2D eigenvalue weighted by molar-refractivity contribution is 0.306. The second-order valence-corrected chi connectivity index (χ2v) is 7.41. The van der Waals surface area contributed by atoms with Gasteiger partial charge in [0, 0.05) is 10.9 Å². The Balaban J connectivity index is 1.64. The van der Waals surface area contributed by atoms with Crippen molar-refractivity contribution in [3.63, 3.8) is 0 Å². The number of benzene rings is 2. The summed E-state index contributed by atoms with van der Waals surface area (Å²) in [4.78, 5) is 11.9. The van der Waals surface area contributed by atoms with Gasteiger partial charge in [-0.05, 0) is 57.5 Å². The molecule has 0 saturated carbocycles. The van der Waals surface area contributed by atoms with Crippen molar-refractivity contribution >= 4 is 11.0 Å². The number of hydrogen-bond acceptors (Lipinski definition) is 5. The van der Waals surface area contributed by atoms with Crippen LogP contribution >= 0.6 is 0 Å². The number of aromatic hydroxyl groups is 1. The molecule has 0 amide bonds. The summed E-state index contributed by atoms with van der Waals surface area (Å²) in [5, 5.41) is 11.0. The third-order valence-electron chi connectivity index (χ3n) is 4.95. The fourth-order valence-electron chi connectivity index (χ4n) is 3.51. The number of furan rings is 1. The highest BCUT2D eigenvalue weighted by molar-refractivity contribution is 5.84. The largest absolute Gasteiger partial charge is 0.507 e. The molecule has 0 radical (unpaired) electrons. The first-order valence-electron chi connectivity index (χ1n) is 9.39. The molecule has 0 spiro atoms. The molecule has 1 N–H and O–H groups in total. The van der Waals surface area contributed by atoms with Crippen LogP contribution in [0.25, 0.3) is 22.5 Å². The Bertz CT molecular complexity index is 1260. The topological polar surface area (TPSA) is 72.8 Å². The van der Waals surface area contributed by atoms with Gasteiger partial charge in [0.15, 0.2) is 11.5 Å². The quantitative estimate of drug-likeness (QED) is 0.493. The molecule has 2 aromatic carbocycles. The SMILES string of the molecule is Cc1cc(C)cc(COc2ccc3oc(-c4oc(=O)c(C)c(O)c4C)cc3c2)c1. The summed E-state index contributed by atoms with van der Waals surface area (Å²) in [6.45, 7) is 7.82. The first kappa shape index (κ1) is 18.9. The molecule has 0 atom stereocenters. The first-order chi connectivity index (χ1) is 13.8. The van der Waals surface area contributed by atoms with Gasteiger partial charge in [-0.15, -0.1) is 0 Å². The smallest absolute Gasteiger partial charge is 0.343 e. The van der Waals surface area contributed by atoms with E-state index in [-0.39, 0.29) is 17.1 Å². The van der Waals surface area contributed by atoms with Gasteiger partial charge in [0.05, 0.1) is 5.56 Å². The Morgan fingerprint density at radius 1 is 0.897 bits per heavy atom. The van der Waals surface area contributed by atoms with E-state index in [2.05, 4.69) is 32.0 Å². The standard InChI is InChI=1S/C24H22O5/c1-13-7-14(2)9-17(8-13)12-27-19-5-6-20-18(10-19)11-21(28-20)23-15(3)22(25)16(4)24(26)29-23/h5-11,25H,12H2,1-4H3. The van der Waals surface area contributed by atoms with Crippen LogP contribution in [0.1, 0.15) is 27.8 Å². The summed E-state index contributed by atoms with van der Waals surface area (Å²) in [5.41, 5.74) is 4.23. The van der Waals surface area contributed by atoms with Crippen molar-refractivity contribution in [3.05, 3.63) is 80.7 Å². The van der Waals surface area contributed by atoms with Crippen LogP contribution in [0, 0.1) is 27.7 Å². The van der Waals surface area contributed by atoms with Crippen LogP contribution in [0.2, 0.25) is 0 Å². The Kier molecular flexibility index (Phi) is 4.66. The molecule has 0 saturated heterocycles. The number of aryl methyl sites for hydroxylation is 2. The van der Waals surface area contributed by atoms with Gasteiger partial charge in [-0.25, -0.2) is 4.79 Å². The van der Waals surface area contributed by atoms with Crippen LogP contribution in [0.3, 0.4) is 0 Å². The molecule has 5 nitrogen and oxygen atoms in total. The van der Waals surface area contributed by atoms with E-state index in [0.717, 1.165) is 10.9 Å². The molecule has 0 unspecified atom stereocenters. The molecule has 148 valence electrons. The summed E-state index contributed by atoms with van der Waals surface area (Å²) >= 11 is 0. The van der Waals surface area contributed by atoms with Gasteiger partial charge >= 0.3 is 5.63 Å². The van der Waals surface area contributed by atoms with Gasteiger partial charge in [0.1, 0.15) is 23.7 Å². The molecule has 0 aliphatic carbocycles. The van der Waals surface area contributed by atoms with Gasteiger partial charge in [-0.3, -0.25) is 0 Å². The maximum Gasteiger partial charge on any atom is 0.343 e. The zero-order chi connectivity index (χ0) is 20.7. The Hall–Kier alpha value is -3.47. The molecule has 4 rings (SSSR count). The highest BCUT2D eigenvalue weighted by Crippen LogP contribution is 2.34. The van der Waals surface area contributed by atoms with Crippen LogP contribution in [-0.4, -0.2) is 5.11 Å². The van der Waals surface area contributed by atoms with E-state index in [9.17, 15) is 9.90 Å². The summed E-state index contributed by atoms with van der Waals surface area (Å²) in [5.74, 6) is 1.26. The van der Waals surface area contributed by atoms with Gasteiger partial charge < -0.3 is 18.7 Å². The van der Waals surface area contributed by atoms with Crippen molar-refractivity contribution in [3.8, 4) is 23.0 Å². The number of fused-ring (bicyclic) bond motifs is 1. The maximum atomic E-state index is 11.9. The van der Waals surface area contributed by atoms with E-state index in [1.54, 1.807) is 13.0 Å². The average molecular weight is 390 g/mol. The minimum absolute atomic E-state index is 0.0748. The monoisotopic (exact) mass is 390 g/mol. The van der Waals surface area contributed by atoms with E-state index < -0.39 is 5.63 Å². The predicted molar refractivity (Wildman–Crippen MR) is 112 cm³/mol. The third-order valence-corrected chi connectivity index (χ3v) is 4.95. The number of hydrogen-bond donors (Lipinski definition) is 1. The molecule has 4 aromatic rings. The van der Waals surface area contributed by atoms with Crippen LogP contribution in [0.4, 0.5) is 0 Å². The van der Waals surface area contributed by atoms with Gasteiger partial charge in [-0.1, -0.05) is 29.3 Å². The van der Waals surface area contributed by atoms with Crippen molar-refractivity contribution in [1.29, 1.82) is 0 Å². The van der Waals surface area contributed by atoms with Crippen LogP contribution < -0.4 is 10.4 Å². The van der Waals surface area contributed by atoms with Crippen LogP contribution in [0.15, 0.2) is 56.1 Å². The third kappa shape index (κ3) is 3.63. The van der Waals surface area contributed by atoms with Crippen molar-refractivity contribution in [2.24, 2.45) is 0 Å². The molecular weight excluding hydrogens is 368 g/mol.